The molecule has 0 fully saturated rings. The molecule has 0 spiro atoms. The molecule has 38 heavy (non-hydrogen) atoms. The second-order valence-corrected chi connectivity index (χ2v) is 11.6. The van der Waals surface area contributed by atoms with Crippen molar-refractivity contribution in [2.45, 2.75) is 175 Å². The number of hydrogen-bond donors (Lipinski definition) is 0. The maximum atomic E-state index is 5.82. The first-order valence-corrected chi connectivity index (χ1v) is 17.1. The van der Waals surface area contributed by atoms with Crippen LogP contribution in [0.5, 0.6) is 0 Å². The number of allylic oxidation sites excluding steroid dienone is 1. The lowest BCUT2D eigenvalue weighted by Crippen LogP contribution is -2.22. The summed E-state index contributed by atoms with van der Waals surface area (Å²) in [4.78, 5) is 4.56. The van der Waals surface area contributed by atoms with Crippen molar-refractivity contribution in [2.24, 2.45) is 0 Å². The molecule has 0 aromatic carbocycles. The van der Waals surface area contributed by atoms with Crippen LogP contribution < -0.4 is 0 Å². The summed E-state index contributed by atoms with van der Waals surface area (Å²) >= 11 is 0. The SMILES string of the molecule is CCCCCCCCCCCCCCCCCCCCCC=COCN(C=CN(C)CCCC)CCCC. The molecule has 226 valence electrons. The normalized spacial score (nSPS) is 11.7. The van der Waals surface area contributed by atoms with Gasteiger partial charge in [-0.3, -0.25) is 0 Å². The van der Waals surface area contributed by atoms with Crippen molar-refractivity contribution in [3.8, 4) is 0 Å². The van der Waals surface area contributed by atoms with Crippen LogP contribution in [0.25, 0.3) is 0 Å². The van der Waals surface area contributed by atoms with E-state index in [9.17, 15) is 0 Å². The zero-order chi connectivity index (χ0) is 27.8. The van der Waals surface area contributed by atoms with Crippen LogP contribution in [0.15, 0.2) is 24.7 Å². The first-order chi connectivity index (χ1) is 18.7. The van der Waals surface area contributed by atoms with Gasteiger partial charge in [0.05, 0.1) is 6.26 Å². The topological polar surface area (TPSA) is 15.7 Å². The Morgan fingerprint density at radius 1 is 0.474 bits per heavy atom. The predicted molar refractivity (Wildman–Crippen MR) is 171 cm³/mol. The van der Waals surface area contributed by atoms with Crippen LogP contribution in [0, 0.1) is 0 Å². The molecule has 0 aromatic heterocycles. The lowest BCUT2D eigenvalue weighted by atomic mass is 10.0. The van der Waals surface area contributed by atoms with E-state index >= 15 is 0 Å². The lowest BCUT2D eigenvalue weighted by molar-refractivity contribution is 0.126. The van der Waals surface area contributed by atoms with Gasteiger partial charge in [0, 0.05) is 32.5 Å². The summed E-state index contributed by atoms with van der Waals surface area (Å²) < 4.78 is 5.82. The zero-order valence-electron chi connectivity index (χ0n) is 26.7. The van der Waals surface area contributed by atoms with Gasteiger partial charge in [-0.25, -0.2) is 0 Å². The highest BCUT2D eigenvalue weighted by molar-refractivity contribution is 4.81. The van der Waals surface area contributed by atoms with Gasteiger partial charge in [-0.05, 0) is 31.8 Å². The molecule has 3 heteroatoms. The van der Waals surface area contributed by atoms with E-state index in [-0.39, 0.29) is 0 Å². The molecule has 0 bridgehead atoms. The van der Waals surface area contributed by atoms with Crippen molar-refractivity contribution in [2.75, 3.05) is 26.9 Å². The van der Waals surface area contributed by atoms with Gasteiger partial charge in [0.25, 0.3) is 0 Å². The van der Waals surface area contributed by atoms with Gasteiger partial charge in [0.15, 0.2) is 6.73 Å². The summed E-state index contributed by atoms with van der Waals surface area (Å²) in [7, 11) is 2.16. The van der Waals surface area contributed by atoms with Crippen LogP contribution in [0.3, 0.4) is 0 Å². The molecule has 0 aliphatic carbocycles. The van der Waals surface area contributed by atoms with Crippen molar-refractivity contribution in [3.05, 3.63) is 24.7 Å². The monoisotopic (exact) mass is 535 g/mol. The molecule has 3 nitrogen and oxygen atoms in total. The quantitative estimate of drug-likeness (QED) is 0.0499. The Kier molecular flexibility index (Phi) is 31.1. The van der Waals surface area contributed by atoms with Crippen LogP contribution in [-0.4, -0.2) is 36.7 Å². The molecule has 0 rings (SSSR count). The van der Waals surface area contributed by atoms with Gasteiger partial charge >= 0.3 is 0 Å². The molecule has 0 saturated carbocycles. The molecule has 0 atom stereocenters. The number of nitrogens with zero attached hydrogens (tertiary/aromatic N) is 2. The summed E-state index contributed by atoms with van der Waals surface area (Å²) in [5.41, 5.74) is 0. The minimum atomic E-state index is 0.647. The number of hydrogen-bond acceptors (Lipinski definition) is 3. The highest BCUT2D eigenvalue weighted by Crippen LogP contribution is 2.15. The Morgan fingerprint density at radius 2 is 0.895 bits per heavy atom. The summed E-state index contributed by atoms with van der Waals surface area (Å²) in [5, 5.41) is 0. The van der Waals surface area contributed by atoms with Crippen LogP contribution in [-0.2, 0) is 4.74 Å². The third-order valence-corrected chi connectivity index (χ3v) is 7.60. The Labute approximate surface area is 240 Å². The Hall–Kier alpha value is -1.12. The average Bonchev–Trinajstić information content (AvgIpc) is 2.93. The largest absolute Gasteiger partial charge is 0.481 e. The average molecular weight is 535 g/mol. The molecule has 0 saturated heterocycles. The standard InChI is InChI=1S/C35H70N2O/c1-5-8-11-12-13-14-15-16-17-18-19-20-21-22-23-24-25-26-27-28-29-34-38-35-37(31-10-7-3)33-32-36(4)30-9-6-2/h29,32-34H,5-28,30-31,35H2,1-4H3. The number of unbranched alkanes of at least 4 members (excludes halogenated alkanes) is 21. The first kappa shape index (κ1) is 36.9. The van der Waals surface area contributed by atoms with Gasteiger partial charge in [-0.2, -0.15) is 0 Å². The second-order valence-electron chi connectivity index (χ2n) is 11.6. The van der Waals surface area contributed by atoms with E-state index in [2.05, 4.69) is 56.1 Å². The first-order valence-electron chi connectivity index (χ1n) is 17.1. The molecule has 0 radical (unpaired) electrons. The maximum absolute atomic E-state index is 5.82. The molecule has 0 unspecified atom stereocenters. The summed E-state index contributed by atoms with van der Waals surface area (Å²) in [6.07, 6.45) is 41.8. The molecular formula is C35H70N2O. The fourth-order valence-corrected chi connectivity index (χ4v) is 4.85. The summed E-state index contributed by atoms with van der Waals surface area (Å²) in [6, 6.07) is 0. The van der Waals surface area contributed by atoms with Crippen molar-refractivity contribution >= 4 is 0 Å². The predicted octanol–water partition coefficient (Wildman–Crippen LogP) is 11.6. The highest BCUT2D eigenvalue weighted by Gasteiger charge is 1.99. The Bertz CT molecular complexity index is 490. The molecule has 0 aromatic rings. The van der Waals surface area contributed by atoms with E-state index in [1.165, 1.54) is 148 Å². The summed E-state index contributed by atoms with van der Waals surface area (Å²) in [5.74, 6) is 0. The second kappa shape index (κ2) is 32.1. The van der Waals surface area contributed by atoms with Gasteiger partial charge in [-0.15, -0.1) is 0 Å². The molecule has 0 aliphatic rings. The van der Waals surface area contributed by atoms with E-state index in [0.717, 1.165) is 19.5 Å². The van der Waals surface area contributed by atoms with E-state index in [0.29, 0.717) is 6.73 Å². The van der Waals surface area contributed by atoms with Gasteiger partial charge in [0.1, 0.15) is 0 Å². The molecule has 0 aliphatic heterocycles. The third-order valence-electron chi connectivity index (χ3n) is 7.60. The minimum Gasteiger partial charge on any atom is -0.481 e. The van der Waals surface area contributed by atoms with Crippen LogP contribution in [0.1, 0.15) is 175 Å². The van der Waals surface area contributed by atoms with Crippen LogP contribution >= 0.6 is 0 Å². The maximum Gasteiger partial charge on any atom is 0.160 e. The third kappa shape index (κ3) is 29.4. The van der Waals surface area contributed by atoms with Crippen LogP contribution in [0.4, 0.5) is 0 Å². The Morgan fingerprint density at radius 3 is 1.37 bits per heavy atom. The van der Waals surface area contributed by atoms with Crippen LogP contribution in [0.2, 0.25) is 0 Å². The fourth-order valence-electron chi connectivity index (χ4n) is 4.85. The van der Waals surface area contributed by atoms with Crippen molar-refractivity contribution < 1.29 is 4.74 Å². The minimum absolute atomic E-state index is 0.647. The fraction of sp³-hybridized carbons (Fsp3) is 0.886. The Balaban J connectivity index is 3.48. The molecular weight excluding hydrogens is 464 g/mol. The van der Waals surface area contributed by atoms with Crippen molar-refractivity contribution in [1.29, 1.82) is 0 Å². The van der Waals surface area contributed by atoms with E-state index in [4.69, 9.17) is 4.74 Å². The molecule has 0 amide bonds. The number of ether oxygens (including phenoxy) is 1. The van der Waals surface area contributed by atoms with Gasteiger partial charge in [0.2, 0.25) is 0 Å². The lowest BCUT2D eigenvalue weighted by Gasteiger charge is -2.21. The van der Waals surface area contributed by atoms with E-state index in [1.807, 2.05) is 6.26 Å². The number of rotatable bonds is 31. The highest BCUT2D eigenvalue weighted by atomic mass is 16.5. The molecule has 0 heterocycles. The zero-order valence-corrected chi connectivity index (χ0v) is 26.7. The molecule has 0 N–H and O–H groups in total. The van der Waals surface area contributed by atoms with Gasteiger partial charge in [-0.1, -0.05) is 149 Å². The van der Waals surface area contributed by atoms with E-state index in [1.54, 1.807) is 0 Å². The van der Waals surface area contributed by atoms with Crippen molar-refractivity contribution in [3.63, 3.8) is 0 Å². The smallest absolute Gasteiger partial charge is 0.160 e. The van der Waals surface area contributed by atoms with E-state index < -0.39 is 0 Å². The summed E-state index contributed by atoms with van der Waals surface area (Å²) in [6.45, 7) is 9.61. The van der Waals surface area contributed by atoms with Gasteiger partial charge < -0.3 is 14.5 Å². The van der Waals surface area contributed by atoms with Crippen molar-refractivity contribution in [1.82, 2.24) is 9.80 Å².